The van der Waals surface area contributed by atoms with Crippen molar-refractivity contribution in [2.24, 2.45) is 0 Å². The number of rotatable bonds is 6. The molecule has 0 aliphatic rings. The number of nitrogens with two attached hydrogens (primary N) is 1. The fourth-order valence-corrected chi connectivity index (χ4v) is 4.06. The number of para-hydroxylation sites is 2. The predicted molar refractivity (Wildman–Crippen MR) is 139 cm³/mol. The number of anilines is 2. The van der Waals surface area contributed by atoms with Crippen LogP contribution in [0.15, 0.2) is 72.8 Å². The van der Waals surface area contributed by atoms with E-state index in [9.17, 15) is 4.79 Å². The van der Waals surface area contributed by atoms with Gasteiger partial charge in [-0.1, -0.05) is 24.3 Å². The molecule has 0 bridgehead atoms. The topological polar surface area (TPSA) is 98.3 Å². The number of hydrogen-bond acceptors (Lipinski definition) is 6. The largest absolute Gasteiger partial charge is 0.497 e. The van der Waals surface area contributed by atoms with Crippen molar-refractivity contribution in [2.75, 3.05) is 31.8 Å². The van der Waals surface area contributed by atoms with E-state index in [0.29, 0.717) is 34.6 Å². The van der Waals surface area contributed by atoms with Crippen molar-refractivity contribution in [3.05, 3.63) is 83.9 Å². The number of amides is 1. The second-order valence-electron chi connectivity index (χ2n) is 8.42. The number of nitrogens with one attached hydrogen (secondary N) is 1. The summed E-state index contributed by atoms with van der Waals surface area (Å²) in [5, 5.41) is 2.98. The van der Waals surface area contributed by atoms with Crippen LogP contribution in [0.25, 0.3) is 27.9 Å². The summed E-state index contributed by atoms with van der Waals surface area (Å²) < 4.78 is 6.99. The molecule has 0 radical (unpaired) electrons. The number of benzene rings is 3. The fourth-order valence-electron chi connectivity index (χ4n) is 4.06. The van der Waals surface area contributed by atoms with Gasteiger partial charge in [0.2, 0.25) is 0 Å². The van der Waals surface area contributed by atoms with Crippen LogP contribution in [0.3, 0.4) is 0 Å². The number of carbonyl (C=O) groups is 1. The second kappa shape index (κ2) is 8.98. The molecule has 5 aromatic rings. The quantitative estimate of drug-likeness (QED) is 0.390. The third-order valence-electron chi connectivity index (χ3n) is 5.96. The van der Waals surface area contributed by atoms with Gasteiger partial charge in [-0.2, -0.15) is 0 Å². The van der Waals surface area contributed by atoms with E-state index in [0.717, 1.165) is 28.2 Å². The SMILES string of the molecule is COc1ccc(CNC(=O)c2c(N)n(-c3ccc(N(C)C)cc3)c3nc4ccccc4nc23)cc1. The van der Waals surface area contributed by atoms with E-state index in [1.54, 1.807) is 11.7 Å². The zero-order valence-electron chi connectivity index (χ0n) is 19.8. The van der Waals surface area contributed by atoms with E-state index in [2.05, 4.69) is 5.32 Å². The first-order chi connectivity index (χ1) is 17.0. The van der Waals surface area contributed by atoms with Gasteiger partial charge in [-0.05, 0) is 54.1 Å². The Kier molecular flexibility index (Phi) is 5.70. The Bertz CT molecular complexity index is 1520. The average Bonchev–Trinajstić information content (AvgIpc) is 3.16. The van der Waals surface area contributed by atoms with E-state index < -0.39 is 0 Å². The summed E-state index contributed by atoms with van der Waals surface area (Å²) in [7, 11) is 5.59. The zero-order valence-corrected chi connectivity index (χ0v) is 19.8. The Morgan fingerprint density at radius 3 is 2.26 bits per heavy atom. The van der Waals surface area contributed by atoms with Crippen molar-refractivity contribution < 1.29 is 9.53 Å². The molecule has 5 rings (SSSR count). The first-order valence-corrected chi connectivity index (χ1v) is 11.2. The maximum absolute atomic E-state index is 13.4. The molecule has 8 heteroatoms. The van der Waals surface area contributed by atoms with Crippen LogP contribution in [0.1, 0.15) is 15.9 Å². The van der Waals surface area contributed by atoms with Gasteiger partial charge in [0.25, 0.3) is 5.91 Å². The van der Waals surface area contributed by atoms with Gasteiger partial charge in [-0.25, -0.2) is 9.97 Å². The first kappa shape index (κ1) is 22.2. The number of nitrogen functional groups attached to an aromatic ring is 1. The lowest BCUT2D eigenvalue weighted by Gasteiger charge is -2.14. The van der Waals surface area contributed by atoms with E-state index in [4.69, 9.17) is 20.4 Å². The number of methoxy groups -OCH3 is 1. The molecule has 0 unspecified atom stereocenters. The Morgan fingerprint density at radius 2 is 1.63 bits per heavy atom. The molecule has 0 saturated heterocycles. The highest BCUT2D eigenvalue weighted by molar-refractivity contribution is 6.11. The summed E-state index contributed by atoms with van der Waals surface area (Å²) in [6.45, 7) is 0.341. The Labute approximate surface area is 203 Å². The van der Waals surface area contributed by atoms with Gasteiger partial charge in [-0.15, -0.1) is 0 Å². The summed E-state index contributed by atoms with van der Waals surface area (Å²) in [6, 6.07) is 23.0. The van der Waals surface area contributed by atoms with Crippen molar-refractivity contribution in [1.29, 1.82) is 0 Å². The molecule has 0 atom stereocenters. The highest BCUT2D eigenvalue weighted by atomic mass is 16.5. The Morgan fingerprint density at radius 1 is 0.971 bits per heavy atom. The normalized spacial score (nSPS) is 11.1. The van der Waals surface area contributed by atoms with Gasteiger partial charge in [-0.3, -0.25) is 9.36 Å². The van der Waals surface area contributed by atoms with Crippen LogP contribution in [-0.2, 0) is 6.54 Å². The number of aromatic nitrogens is 3. The minimum absolute atomic E-state index is 0.292. The van der Waals surface area contributed by atoms with Gasteiger partial charge >= 0.3 is 0 Å². The third-order valence-corrected chi connectivity index (χ3v) is 5.96. The number of fused-ring (bicyclic) bond motifs is 2. The molecule has 176 valence electrons. The fraction of sp³-hybridized carbons (Fsp3) is 0.148. The summed E-state index contributed by atoms with van der Waals surface area (Å²) in [6.07, 6.45) is 0. The lowest BCUT2D eigenvalue weighted by atomic mass is 10.2. The lowest BCUT2D eigenvalue weighted by Crippen LogP contribution is -2.24. The van der Waals surface area contributed by atoms with Crippen molar-refractivity contribution in [2.45, 2.75) is 6.54 Å². The Hall–Kier alpha value is -4.59. The summed E-state index contributed by atoms with van der Waals surface area (Å²) in [4.78, 5) is 25.0. The third kappa shape index (κ3) is 4.10. The molecular formula is C27H26N6O2. The summed E-state index contributed by atoms with van der Waals surface area (Å²) in [5.74, 6) is 0.742. The molecule has 3 aromatic carbocycles. The molecule has 0 aliphatic carbocycles. The molecule has 0 fully saturated rings. The van der Waals surface area contributed by atoms with E-state index in [1.807, 2.05) is 91.8 Å². The minimum Gasteiger partial charge on any atom is -0.497 e. The van der Waals surface area contributed by atoms with Crippen molar-refractivity contribution >= 4 is 39.6 Å². The zero-order chi connectivity index (χ0) is 24.5. The molecule has 2 aromatic heterocycles. The van der Waals surface area contributed by atoms with E-state index in [1.165, 1.54) is 0 Å². The van der Waals surface area contributed by atoms with Gasteiger partial charge in [0.15, 0.2) is 5.65 Å². The van der Waals surface area contributed by atoms with Crippen LogP contribution in [0.4, 0.5) is 11.5 Å². The molecule has 2 heterocycles. The molecule has 0 saturated carbocycles. The van der Waals surface area contributed by atoms with Crippen LogP contribution in [0, 0.1) is 0 Å². The molecule has 0 spiro atoms. The smallest absolute Gasteiger partial charge is 0.257 e. The molecular weight excluding hydrogens is 440 g/mol. The average molecular weight is 467 g/mol. The van der Waals surface area contributed by atoms with Crippen molar-refractivity contribution in [1.82, 2.24) is 19.9 Å². The molecule has 35 heavy (non-hydrogen) atoms. The van der Waals surface area contributed by atoms with Gasteiger partial charge in [0, 0.05) is 32.0 Å². The number of carbonyl (C=O) groups excluding carboxylic acids is 1. The summed E-state index contributed by atoms with van der Waals surface area (Å²) >= 11 is 0. The van der Waals surface area contributed by atoms with Gasteiger partial charge in [0.05, 0.1) is 18.1 Å². The predicted octanol–water partition coefficient (Wildman–Crippen LogP) is 4.16. The van der Waals surface area contributed by atoms with E-state index in [-0.39, 0.29) is 5.91 Å². The maximum Gasteiger partial charge on any atom is 0.257 e. The molecule has 8 nitrogen and oxygen atoms in total. The molecule has 0 aliphatic heterocycles. The first-order valence-electron chi connectivity index (χ1n) is 11.2. The second-order valence-corrected chi connectivity index (χ2v) is 8.42. The highest BCUT2D eigenvalue weighted by Crippen LogP contribution is 2.31. The number of ether oxygens (including phenoxy) is 1. The van der Waals surface area contributed by atoms with E-state index >= 15 is 0 Å². The minimum atomic E-state index is -0.309. The van der Waals surface area contributed by atoms with Crippen LogP contribution in [-0.4, -0.2) is 41.6 Å². The van der Waals surface area contributed by atoms with Crippen LogP contribution >= 0.6 is 0 Å². The van der Waals surface area contributed by atoms with Crippen LogP contribution < -0.4 is 20.7 Å². The van der Waals surface area contributed by atoms with Gasteiger partial charge < -0.3 is 20.7 Å². The Balaban J connectivity index is 1.60. The molecule has 3 N–H and O–H groups in total. The standard InChI is InChI=1S/C27H26N6O2/c1-32(2)18-10-12-19(13-11-18)33-25(28)23(24-26(33)31-22-7-5-4-6-21(22)30-24)27(34)29-16-17-8-14-20(35-3)15-9-17/h4-15H,16,28H2,1-3H3,(H,29,34). The van der Waals surface area contributed by atoms with Crippen LogP contribution in [0.2, 0.25) is 0 Å². The summed E-state index contributed by atoms with van der Waals surface area (Å²) in [5.41, 5.74) is 12.1. The van der Waals surface area contributed by atoms with Crippen LogP contribution in [0.5, 0.6) is 5.75 Å². The van der Waals surface area contributed by atoms with Crippen molar-refractivity contribution in [3.63, 3.8) is 0 Å². The van der Waals surface area contributed by atoms with Gasteiger partial charge in [0.1, 0.15) is 22.6 Å². The highest BCUT2D eigenvalue weighted by Gasteiger charge is 2.24. The lowest BCUT2D eigenvalue weighted by molar-refractivity contribution is 0.0953. The monoisotopic (exact) mass is 466 g/mol. The maximum atomic E-state index is 13.4. The number of hydrogen-bond donors (Lipinski definition) is 2. The van der Waals surface area contributed by atoms with Crippen molar-refractivity contribution in [3.8, 4) is 11.4 Å². The molecule has 1 amide bonds. The number of nitrogens with zero attached hydrogens (tertiary/aromatic N) is 4.